The second-order valence-corrected chi connectivity index (χ2v) is 3.33. The molecule has 0 aliphatic carbocycles. The average molecular weight is 225 g/mol. The van der Waals surface area contributed by atoms with E-state index >= 15 is 0 Å². The van der Waals surface area contributed by atoms with Crippen LogP contribution in [0.15, 0.2) is 30.5 Å². The molecular weight excluding hydrogens is 212 g/mol. The third-order valence-electron chi connectivity index (χ3n) is 2.32. The zero-order chi connectivity index (χ0) is 9.97. The molecule has 2 aromatic rings. The molecule has 0 unspecified atom stereocenters. The standard InChI is InChI=1S/C11H12N2O.ClH/c12-11(14)6-5-8-7-13-10-4-2-1-3-9(8)10;/h1-4,7,13H,5-6H2,(H2,12,14);1H. The summed E-state index contributed by atoms with van der Waals surface area (Å²) in [5, 5.41) is 1.17. The van der Waals surface area contributed by atoms with E-state index < -0.39 is 0 Å². The zero-order valence-electron chi connectivity index (χ0n) is 8.19. The van der Waals surface area contributed by atoms with E-state index in [-0.39, 0.29) is 18.3 Å². The fraction of sp³-hybridized carbons (Fsp3) is 0.182. The van der Waals surface area contributed by atoms with E-state index in [9.17, 15) is 4.79 Å². The minimum Gasteiger partial charge on any atom is -0.370 e. The van der Waals surface area contributed by atoms with E-state index in [1.807, 2.05) is 30.5 Å². The molecule has 0 saturated heterocycles. The molecule has 1 amide bonds. The molecule has 0 aliphatic heterocycles. The first-order valence-corrected chi connectivity index (χ1v) is 4.60. The number of fused-ring (bicyclic) bond motifs is 1. The number of hydrogen-bond acceptors (Lipinski definition) is 1. The first-order chi connectivity index (χ1) is 6.77. The van der Waals surface area contributed by atoms with Crippen molar-refractivity contribution in [3.05, 3.63) is 36.0 Å². The maximum absolute atomic E-state index is 10.6. The van der Waals surface area contributed by atoms with Gasteiger partial charge in [0.05, 0.1) is 0 Å². The number of aromatic nitrogens is 1. The number of nitrogens with one attached hydrogen (secondary N) is 1. The highest BCUT2D eigenvalue weighted by molar-refractivity contribution is 5.85. The van der Waals surface area contributed by atoms with Gasteiger partial charge in [0.25, 0.3) is 0 Å². The van der Waals surface area contributed by atoms with Crippen LogP contribution in [0.1, 0.15) is 12.0 Å². The van der Waals surface area contributed by atoms with Crippen molar-refractivity contribution in [2.75, 3.05) is 0 Å². The predicted octanol–water partition coefficient (Wildman–Crippen LogP) is 2.01. The number of rotatable bonds is 3. The summed E-state index contributed by atoms with van der Waals surface area (Å²) in [7, 11) is 0. The second-order valence-electron chi connectivity index (χ2n) is 3.33. The lowest BCUT2D eigenvalue weighted by atomic mass is 10.1. The Morgan fingerprint density at radius 2 is 2.07 bits per heavy atom. The molecule has 2 rings (SSSR count). The van der Waals surface area contributed by atoms with Crippen molar-refractivity contribution in [1.29, 1.82) is 0 Å². The third-order valence-corrected chi connectivity index (χ3v) is 2.32. The van der Waals surface area contributed by atoms with Crippen molar-refractivity contribution in [2.45, 2.75) is 12.8 Å². The van der Waals surface area contributed by atoms with Gasteiger partial charge < -0.3 is 10.7 Å². The van der Waals surface area contributed by atoms with Gasteiger partial charge in [0.15, 0.2) is 0 Å². The van der Waals surface area contributed by atoms with E-state index in [4.69, 9.17) is 5.73 Å². The smallest absolute Gasteiger partial charge is 0.217 e. The van der Waals surface area contributed by atoms with Crippen molar-refractivity contribution < 1.29 is 4.79 Å². The van der Waals surface area contributed by atoms with Crippen LogP contribution in [0.25, 0.3) is 10.9 Å². The van der Waals surface area contributed by atoms with Gasteiger partial charge in [-0.25, -0.2) is 0 Å². The molecule has 1 aromatic heterocycles. The van der Waals surface area contributed by atoms with Gasteiger partial charge in [-0.2, -0.15) is 0 Å². The van der Waals surface area contributed by atoms with E-state index in [0.717, 1.165) is 11.1 Å². The van der Waals surface area contributed by atoms with Crippen molar-refractivity contribution in [1.82, 2.24) is 4.98 Å². The Balaban J connectivity index is 0.00000112. The molecule has 0 spiro atoms. The lowest BCUT2D eigenvalue weighted by Crippen LogP contribution is -2.10. The minimum absolute atomic E-state index is 0. The van der Waals surface area contributed by atoms with Gasteiger partial charge in [-0.1, -0.05) is 18.2 Å². The fourth-order valence-electron chi connectivity index (χ4n) is 1.60. The molecule has 80 valence electrons. The molecule has 3 nitrogen and oxygen atoms in total. The van der Waals surface area contributed by atoms with Gasteiger partial charge in [-0.05, 0) is 18.1 Å². The van der Waals surface area contributed by atoms with Crippen LogP contribution in [0.3, 0.4) is 0 Å². The topological polar surface area (TPSA) is 58.9 Å². The van der Waals surface area contributed by atoms with Gasteiger partial charge in [0.1, 0.15) is 0 Å². The van der Waals surface area contributed by atoms with Crippen LogP contribution in [0.5, 0.6) is 0 Å². The molecule has 0 radical (unpaired) electrons. The number of halogens is 1. The first-order valence-electron chi connectivity index (χ1n) is 4.60. The Kier molecular flexibility index (Phi) is 3.74. The molecular formula is C11H13ClN2O. The van der Waals surface area contributed by atoms with Gasteiger partial charge in [0, 0.05) is 23.5 Å². The number of benzene rings is 1. The summed E-state index contributed by atoms with van der Waals surface area (Å²) in [4.78, 5) is 13.8. The summed E-state index contributed by atoms with van der Waals surface area (Å²) >= 11 is 0. The minimum atomic E-state index is -0.254. The lowest BCUT2D eigenvalue weighted by Gasteiger charge is -1.95. The van der Waals surface area contributed by atoms with Crippen LogP contribution in [0, 0.1) is 0 Å². The summed E-state index contributed by atoms with van der Waals surface area (Å²) in [6.45, 7) is 0. The van der Waals surface area contributed by atoms with Crippen LogP contribution < -0.4 is 5.73 Å². The predicted molar refractivity (Wildman–Crippen MR) is 63.1 cm³/mol. The zero-order valence-corrected chi connectivity index (χ0v) is 9.01. The molecule has 4 heteroatoms. The third kappa shape index (κ3) is 2.50. The Labute approximate surface area is 94.1 Å². The molecule has 15 heavy (non-hydrogen) atoms. The highest BCUT2D eigenvalue weighted by atomic mass is 35.5. The molecule has 1 heterocycles. The normalized spacial score (nSPS) is 9.87. The summed E-state index contributed by atoms with van der Waals surface area (Å²) in [5.74, 6) is -0.254. The van der Waals surface area contributed by atoms with Crippen LogP contribution in [0.2, 0.25) is 0 Å². The van der Waals surface area contributed by atoms with Crippen molar-refractivity contribution in [3.63, 3.8) is 0 Å². The van der Waals surface area contributed by atoms with Gasteiger partial charge in [0.2, 0.25) is 5.91 Å². The molecule has 0 bridgehead atoms. The number of amides is 1. The van der Waals surface area contributed by atoms with Gasteiger partial charge in [-0.3, -0.25) is 4.79 Å². The summed E-state index contributed by atoms with van der Waals surface area (Å²) in [5.41, 5.74) is 7.36. The van der Waals surface area contributed by atoms with E-state index in [2.05, 4.69) is 4.98 Å². The van der Waals surface area contributed by atoms with E-state index in [0.29, 0.717) is 12.8 Å². The number of aromatic amines is 1. The Morgan fingerprint density at radius 1 is 1.33 bits per heavy atom. The van der Waals surface area contributed by atoms with Gasteiger partial charge >= 0.3 is 0 Å². The average Bonchev–Trinajstić information content (AvgIpc) is 2.58. The lowest BCUT2D eigenvalue weighted by molar-refractivity contribution is -0.117. The maximum Gasteiger partial charge on any atom is 0.217 e. The van der Waals surface area contributed by atoms with Crippen molar-refractivity contribution in [3.8, 4) is 0 Å². The quantitative estimate of drug-likeness (QED) is 0.823. The molecule has 0 saturated carbocycles. The largest absolute Gasteiger partial charge is 0.370 e. The Bertz CT molecular complexity index is 464. The highest BCUT2D eigenvalue weighted by Gasteiger charge is 2.03. The number of para-hydroxylation sites is 1. The summed E-state index contributed by atoms with van der Waals surface area (Å²) in [6, 6.07) is 8.03. The number of primary amides is 1. The number of nitrogens with two attached hydrogens (primary N) is 1. The number of aryl methyl sites for hydroxylation is 1. The Hall–Kier alpha value is -1.48. The maximum atomic E-state index is 10.6. The van der Waals surface area contributed by atoms with Crippen molar-refractivity contribution in [2.24, 2.45) is 5.73 Å². The summed E-state index contributed by atoms with van der Waals surface area (Å²) < 4.78 is 0. The SMILES string of the molecule is Cl.NC(=O)CCc1c[nH]c2ccccc12. The fourth-order valence-corrected chi connectivity index (χ4v) is 1.60. The Morgan fingerprint density at radius 3 is 2.80 bits per heavy atom. The molecule has 0 atom stereocenters. The van der Waals surface area contributed by atoms with E-state index in [1.54, 1.807) is 0 Å². The number of hydrogen-bond donors (Lipinski definition) is 2. The summed E-state index contributed by atoms with van der Waals surface area (Å²) in [6.07, 6.45) is 3.05. The van der Waals surface area contributed by atoms with Crippen molar-refractivity contribution >= 4 is 29.2 Å². The second kappa shape index (κ2) is 4.84. The highest BCUT2D eigenvalue weighted by Crippen LogP contribution is 2.18. The van der Waals surface area contributed by atoms with Gasteiger partial charge in [-0.15, -0.1) is 12.4 Å². The molecule has 0 aliphatic rings. The molecule has 0 fully saturated rings. The van der Waals surface area contributed by atoms with E-state index in [1.165, 1.54) is 5.39 Å². The molecule has 3 N–H and O–H groups in total. The monoisotopic (exact) mass is 224 g/mol. The van der Waals surface area contributed by atoms with Crippen LogP contribution in [-0.4, -0.2) is 10.9 Å². The number of carbonyl (C=O) groups excluding carboxylic acids is 1. The first kappa shape index (κ1) is 11.6. The number of H-pyrrole nitrogens is 1. The number of carbonyl (C=O) groups is 1. The van der Waals surface area contributed by atoms with Crippen LogP contribution in [-0.2, 0) is 11.2 Å². The van der Waals surface area contributed by atoms with Crippen LogP contribution >= 0.6 is 12.4 Å². The van der Waals surface area contributed by atoms with Crippen LogP contribution in [0.4, 0.5) is 0 Å². The molecule has 1 aromatic carbocycles.